The molecule has 1 aliphatic heterocycles. The average molecular weight is 306 g/mol. The molecule has 1 amide bonds. The predicted octanol–water partition coefficient (Wildman–Crippen LogP) is 1.60. The maximum Gasteiger partial charge on any atom is 0.354 e. The van der Waals surface area contributed by atoms with Gasteiger partial charge in [0, 0.05) is 24.8 Å². The normalized spacial score (nSPS) is 14.0. The van der Waals surface area contributed by atoms with Crippen molar-refractivity contribution in [3.05, 3.63) is 35.6 Å². The molecule has 0 unspecified atom stereocenters. The van der Waals surface area contributed by atoms with Gasteiger partial charge in [0.25, 0.3) is 0 Å². The minimum atomic E-state index is -0.589. The number of hydrogen-bond acceptors (Lipinski definition) is 5. The van der Waals surface area contributed by atoms with Crippen LogP contribution in [0.5, 0.6) is 0 Å². The maximum absolute atomic E-state index is 12.7. The molecular formula is C15H15FN2O4. The lowest BCUT2D eigenvalue weighted by Gasteiger charge is -2.11. The molecule has 1 N–H and O–H groups in total. The lowest BCUT2D eigenvalue weighted by atomic mass is 10.1. The first kappa shape index (κ1) is 15.8. The highest BCUT2D eigenvalue weighted by atomic mass is 19.1. The number of ether oxygens (including phenoxy) is 1. The molecular weight excluding hydrogens is 291 g/mol. The molecule has 1 aromatic carbocycles. The lowest BCUT2D eigenvalue weighted by Crippen LogP contribution is -2.30. The second-order valence-corrected chi connectivity index (χ2v) is 4.76. The number of amides is 1. The van der Waals surface area contributed by atoms with E-state index in [9.17, 15) is 18.8 Å². The fraction of sp³-hybridized carbons (Fsp3) is 0.333. The number of rotatable bonds is 6. The molecule has 0 atom stereocenters. The van der Waals surface area contributed by atoms with Crippen molar-refractivity contribution in [2.45, 2.75) is 25.7 Å². The summed E-state index contributed by atoms with van der Waals surface area (Å²) in [5.74, 6) is -1.36. The van der Waals surface area contributed by atoms with Crippen molar-refractivity contribution in [2.75, 3.05) is 6.61 Å². The zero-order chi connectivity index (χ0) is 15.9. The highest BCUT2D eigenvalue weighted by Gasteiger charge is 2.19. The minimum absolute atomic E-state index is 0.0821. The summed E-state index contributed by atoms with van der Waals surface area (Å²) in [5, 5.41) is 3.62. The molecule has 0 saturated carbocycles. The van der Waals surface area contributed by atoms with Gasteiger partial charge < -0.3 is 4.74 Å². The van der Waals surface area contributed by atoms with Crippen LogP contribution in [0.4, 0.5) is 4.39 Å². The van der Waals surface area contributed by atoms with Crippen LogP contribution < -0.4 is 5.43 Å². The van der Waals surface area contributed by atoms with Crippen molar-refractivity contribution in [2.24, 2.45) is 5.10 Å². The molecule has 22 heavy (non-hydrogen) atoms. The van der Waals surface area contributed by atoms with Crippen LogP contribution in [0.2, 0.25) is 0 Å². The molecule has 6 nitrogen and oxygen atoms in total. The topological polar surface area (TPSA) is 84.8 Å². The molecule has 1 aromatic rings. The Hall–Kier alpha value is -2.57. The molecule has 116 valence electrons. The number of hydrazone groups is 1. The second-order valence-electron chi connectivity index (χ2n) is 4.76. The number of esters is 1. The Morgan fingerprint density at radius 1 is 1.23 bits per heavy atom. The SMILES string of the molecule is O=C1CCC(C(=O)OCCCC(=O)c2ccc(F)cc2)=NN1. The Balaban J connectivity index is 1.70. The van der Waals surface area contributed by atoms with E-state index in [-0.39, 0.29) is 43.3 Å². The number of halogens is 1. The van der Waals surface area contributed by atoms with Crippen LogP contribution in [0.25, 0.3) is 0 Å². The summed E-state index contributed by atoms with van der Waals surface area (Å²) in [6.07, 6.45) is 1.01. The Morgan fingerprint density at radius 3 is 2.59 bits per heavy atom. The van der Waals surface area contributed by atoms with Crippen LogP contribution >= 0.6 is 0 Å². The standard InChI is InChI=1S/C15H15FN2O4/c16-11-5-3-10(4-6-11)13(19)2-1-9-22-15(21)12-7-8-14(20)18-17-12/h3-6H,1-2,7-9H2,(H,18,20). The molecule has 1 aliphatic rings. The molecule has 0 fully saturated rings. The van der Waals surface area contributed by atoms with Gasteiger partial charge in [-0.1, -0.05) is 0 Å². The summed E-state index contributed by atoms with van der Waals surface area (Å²) < 4.78 is 17.7. The predicted molar refractivity (Wildman–Crippen MR) is 75.7 cm³/mol. The van der Waals surface area contributed by atoms with Gasteiger partial charge in [-0.2, -0.15) is 5.10 Å². The number of hydrogen-bond donors (Lipinski definition) is 1. The first-order valence-corrected chi connectivity index (χ1v) is 6.87. The number of ketones is 1. The average Bonchev–Trinajstić information content (AvgIpc) is 2.52. The van der Waals surface area contributed by atoms with E-state index in [1.165, 1.54) is 24.3 Å². The van der Waals surface area contributed by atoms with Gasteiger partial charge in [0.1, 0.15) is 11.5 Å². The van der Waals surface area contributed by atoms with Crippen molar-refractivity contribution in [3.63, 3.8) is 0 Å². The Bertz CT molecular complexity index is 610. The molecule has 0 aliphatic carbocycles. The van der Waals surface area contributed by atoms with Crippen LogP contribution in [0.1, 0.15) is 36.0 Å². The Morgan fingerprint density at radius 2 is 1.95 bits per heavy atom. The van der Waals surface area contributed by atoms with Gasteiger partial charge in [-0.3, -0.25) is 9.59 Å². The lowest BCUT2D eigenvalue weighted by molar-refractivity contribution is -0.135. The zero-order valence-electron chi connectivity index (χ0n) is 11.8. The van der Waals surface area contributed by atoms with E-state index in [4.69, 9.17) is 4.74 Å². The van der Waals surface area contributed by atoms with E-state index in [0.29, 0.717) is 12.0 Å². The maximum atomic E-state index is 12.7. The van der Waals surface area contributed by atoms with Gasteiger partial charge in [-0.15, -0.1) is 0 Å². The molecule has 0 saturated heterocycles. The largest absolute Gasteiger partial charge is 0.461 e. The number of carbonyl (C=O) groups excluding carboxylic acids is 3. The highest BCUT2D eigenvalue weighted by Crippen LogP contribution is 2.08. The van der Waals surface area contributed by atoms with E-state index in [1.807, 2.05) is 0 Å². The van der Waals surface area contributed by atoms with Gasteiger partial charge in [-0.05, 0) is 30.7 Å². The second kappa shape index (κ2) is 7.44. The van der Waals surface area contributed by atoms with E-state index in [2.05, 4.69) is 10.5 Å². The summed E-state index contributed by atoms with van der Waals surface area (Å²) in [7, 11) is 0. The minimum Gasteiger partial charge on any atom is -0.461 e. The Kier molecular flexibility index (Phi) is 5.35. The first-order chi connectivity index (χ1) is 10.6. The Labute approximate surface area is 126 Å². The van der Waals surface area contributed by atoms with Crippen LogP contribution in [0, 0.1) is 5.82 Å². The van der Waals surface area contributed by atoms with Crippen molar-refractivity contribution in [3.8, 4) is 0 Å². The van der Waals surface area contributed by atoms with Gasteiger partial charge in [0.05, 0.1) is 6.61 Å². The summed E-state index contributed by atoms with van der Waals surface area (Å²) in [6, 6.07) is 5.29. The van der Waals surface area contributed by atoms with Crippen LogP contribution in [-0.2, 0) is 14.3 Å². The monoisotopic (exact) mass is 306 g/mol. The zero-order valence-corrected chi connectivity index (χ0v) is 11.8. The van der Waals surface area contributed by atoms with Crippen molar-refractivity contribution in [1.82, 2.24) is 5.43 Å². The van der Waals surface area contributed by atoms with Gasteiger partial charge >= 0.3 is 5.97 Å². The molecule has 7 heteroatoms. The number of carbonyl (C=O) groups is 3. The third-order valence-corrected chi connectivity index (χ3v) is 3.09. The third kappa shape index (κ3) is 4.47. The summed E-state index contributed by atoms with van der Waals surface area (Å²) in [5.41, 5.74) is 2.81. The van der Waals surface area contributed by atoms with Gasteiger partial charge in [0.15, 0.2) is 5.78 Å². The van der Waals surface area contributed by atoms with Crippen LogP contribution in [0.3, 0.4) is 0 Å². The number of nitrogens with zero attached hydrogens (tertiary/aromatic N) is 1. The van der Waals surface area contributed by atoms with Gasteiger partial charge in [-0.25, -0.2) is 14.6 Å². The first-order valence-electron chi connectivity index (χ1n) is 6.87. The van der Waals surface area contributed by atoms with E-state index in [0.717, 1.165) is 0 Å². The van der Waals surface area contributed by atoms with Crippen molar-refractivity contribution < 1.29 is 23.5 Å². The number of benzene rings is 1. The fourth-order valence-corrected chi connectivity index (χ4v) is 1.88. The molecule has 0 aromatic heterocycles. The van der Waals surface area contributed by atoms with E-state index < -0.39 is 11.8 Å². The highest BCUT2D eigenvalue weighted by molar-refractivity contribution is 6.37. The van der Waals surface area contributed by atoms with Crippen molar-refractivity contribution in [1.29, 1.82) is 0 Å². The van der Waals surface area contributed by atoms with E-state index in [1.54, 1.807) is 0 Å². The molecule has 0 radical (unpaired) electrons. The number of Topliss-reactive ketones (excluding diaryl/α,β-unsaturated/α-hetero) is 1. The third-order valence-electron chi connectivity index (χ3n) is 3.09. The smallest absolute Gasteiger partial charge is 0.354 e. The molecule has 1 heterocycles. The summed E-state index contributed by atoms with van der Waals surface area (Å²) >= 11 is 0. The van der Waals surface area contributed by atoms with E-state index >= 15 is 0 Å². The molecule has 0 spiro atoms. The van der Waals surface area contributed by atoms with Crippen molar-refractivity contribution >= 4 is 23.4 Å². The van der Waals surface area contributed by atoms with Crippen LogP contribution in [-0.4, -0.2) is 30.0 Å². The quantitative estimate of drug-likeness (QED) is 0.491. The molecule has 0 bridgehead atoms. The van der Waals surface area contributed by atoms with Crippen LogP contribution in [0.15, 0.2) is 29.4 Å². The summed E-state index contributed by atoms with van der Waals surface area (Å²) in [4.78, 5) is 34.3. The van der Waals surface area contributed by atoms with Gasteiger partial charge in [0.2, 0.25) is 5.91 Å². The number of nitrogens with one attached hydrogen (secondary N) is 1. The molecule has 2 rings (SSSR count). The fourth-order valence-electron chi connectivity index (χ4n) is 1.88. The summed E-state index contributed by atoms with van der Waals surface area (Å²) in [6.45, 7) is 0.0821.